The number of methoxy groups -OCH3 is 1. The van der Waals surface area contributed by atoms with Crippen molar-refractivity contribution >= 4 is 11.3 Å². The maximum Gasteiger partial charge on any atom is 0.132 e. The smallest absolute Gasteiger partial charge is 0.132 e. The van der Waals surface area contributed by atoms with Crippen LogP contribution in [0, 0.1) is 18.6 Å². The van der Waals surface area contributed by atoms with Gasteiger partial charge in [0.25, 0.3) is 0 Å². The van der Waals surface area contributed by atoms with Crippen molar-refractivity contribution in [3.8, 4) is 5.75 Å². The van der Waals surface area contributed by atoms with Crippen molar-refractivity contribution in [1.29, 1.82) is 0 Å². The van der Waals surface area contributed by atoms with E-state index in [0.717, 1.165) is 6.07 Å². The molecular weight excluding hydrogens is 258 g/mol. The molecule has 2 rings (SSSR count). The molecule has 0 aliphatic rings. The van der Waals surface area contributed by atoms with Gasteiger partial charge in [-0.1, -0.05) is 0 Å². The fraction of sp³-hybridized carbons (Fsp3) is 0.231. The molecule has 0 fully saturated rings. The highest BCUT2D eigenvalue weighted by Crippen LogP contribution is 2.32. The quantitative estimate of drug-likeness (QED) is 0.926. The first-order valence-corrected chi connectivity index (χ1v) is 6.17. The maximum atomic E-state index is 13.6. The summed E-state index contributed by atoms with van der Waals surface area (Å²) in [5, 5.41) is 11.8. The van der Waals surface area contributed by atoms with Crippen LogP contribution >= 0.6 is 11.3 Å². The highest BCUT2D eigenvalue weighted by atomic mass is 32.1. The Kier molecular flexibility index (Phi) is 3.63. The molecule has 0 aliphatic heterocycles. The molecule has 1 heterocycles. The van der Waals surface area contributed by atoms with E-state index in [2.05, 4.69) is 0 Å². The number of ether oxygens (including phenoxy) is 1. The van der Waals surface area contributed by atoms with Gasteiger partial charge in [0.2, 0.25) is 0 Å². The Hall–Kier alpha value is -1.46. The SMILES string of the molecule is COc1csc(C(O)c2cc(C)c(F)cc2F)c1. The zero-order chi connectivity index (χ0) is 13.3. The molecule has 0 amide bonds. The Bertz CT molecular complexity index is 566. The van der Waals surface area contributed by atoms with Crippen LogP contribution in [0.3, 0.4) is 0 Å². The molecular formula is C13H12F2O2S. The normalized spacial score (nSPS) is 12.5. The number of halogens is 2. The molecule has 0 radical (unpaired) electrons. The van der Waals surface area contributed by atoms with Crippen molar-refractivity contribution in [1.82, 2.24) is 0 Å². The molecule has 0 saturated heterocycles. The van der Waals surface area contributed by atoms with E-state index in [1.54, 1.807) is 11.4 Å². The van der Waals surface area contributed by atoms with Crippen LogP contribution in [-0.4, -0.2) is 12.2 Å². The number of benzene rings is 1. The summed E-state index contributed by atoms with van der Waals surface area (Å²) < 4.78 is 31.8. The molecule has 96 valence electrons. The molecule has 5 heteroatoms. The summed E-state index contributed by atoms with van der Waals surface area (Å²) in [6.45, 7) is 1.53. The number of hydrogen-bond acceptors (Lipinski definition) is 3. The number of rotatable bonds is 3. The fourth-order valence-corrected chi connectivity index (χ4v) is 2.48. The molecule has 2 aromatic rings. The number of aliphatic hydroxyl groups is 1. The Balaban J connectivity index is 2.39. The predicted molar refractivity (Wildman–Crippen MR) is 66.0 cm³/mol. The highest BCUT2D eigenvalue weighted by molar-refractivity contribution is 7.10. The summed E-state index contributed by atoms with van der Waals surface area (Å²) in [5.41, 5.74) is 0.368. The van der Waals surface area contributed by atoms with E-state index in [4.69, 9.17) is 4.74 Å². The van der Waals surface area contributed by atoms with Gasteiger partial charge in [-0.3, -0.25) is 0 Å². The van der Waals surface area contributed by atoms with Gasteiger partial charge in [0, 0.05) is 21.9 Å². The van der Waals surface area contributed by atoms with Gasteiger partial charge >= 0.3 is 0 Å². The lowest BCUT2D eigenvalue weighted by molar-refractivity contribution is 0.218. The lowest BCUT2D eigenvalue weighted by Gasteiger charge is -2.11. The van der Waals surface area contributed by atoms with Crippen LogP contribution in [0.2, 0.25) is 0 Å². The van der Waals surface area contributed by atoms with E-state index < -0.39 is 17.7 Å². The number of hydrogen-bond donors (Lipinski definition) is 1. The molecule has 0 saturated carbocycles. The number of aryl methyl sites for hydroxylation is 1. The van der Waals surface area contributed by atoms with Crippen molar-refractivity contribution in [3.63, 3.8) is 0 Å². The number of thiophene rings is 1. The first-order valence-electron chi connectivity index (χ1n) is 5.29. The summed E-state index contributed by atoms with van der Waals surface area (Å²) >= 11 is 1.26. The Morgan fingerprint density at radius 3 is 2.56 bits per heavy atom. The summed E-state index contributed by atoms with van der Waals surface area (Å²) in [5.74, 6) is -0.765. The first-order chi connectivity index (χ1) is 8.52. The molecule has 1 aromatic heterocycles. The largest absolute Gasteiger partial charge is 0.496 e. The zero-order valence-corrected chi connectivity index (χ0v) is 10.7. The van der Waals surface area contributed by atoms with E-state index in [-0.39, 0.29) is 5.56 Å². The van der Waals surface area contributed by atoms with Crippen LogP contribution in [-0.2, 0) is 0 Å². The van der Waals surface area contributed by atoms with Crippen molar-refractivity contribution in [2.24, 2.45) is 0 Å². The highest BCUT2D eigenvalue weighted by Gasteiger charge is 2.19. The van der Waals surface area contributed by atoms with E-state index in [9.17, 15) is 13.9 Å². The third-order valence-electron chi connectivity index (χ3n) is 2.67. The monoisotopic (exact) mass is 270 g/mol. The van der Waals surface area contributed by atoms with Crippen LogP contribution in [0.4, 0.5) is 8.78 Å². The minimum absolute atomic E-state index is 0.0680. The van der Waals surface area contributed by atoms with Crippen molar-refractivity contribution in [2.75, 3.05) is 7.11 Å². The predicted octanol–water partition coefficient (Wildman–Crippen LogP) is 3.43. The molecule has 0 spiro atoms. The summed E-state index contributed by atoms with van der Waals surface area (Å²) in [4.78, 5) is 0.553. The van der Waals surface area contributed by atoms with E-state index >= 15 is 0 Å². The second kappa shape index (κ2) is 5.04. The maximum absolute atomic E-state index is 13.6. The molecule has 0 bridgehead atoms. The molecule has 1 atom stereocenters. The van der Waals surface area contributed by atoms with Crippen molar-refractivity contribution < 1.29 is 18.6 Å². The molecule has 0 aliphatic carbocycles. The third-order valence-corrected chi connectivity index (χ3v) is 3.64. The van der Waals surface area contributed by atoms with E-state index in [0.29, 0.717) is 16.2 Å². The third kappa shape index (κ3) is 2.37. The molecule has 1 aromatic carbocycles. The van der Waals surface area contributed by atoms with Crippen LogP contribution in [0.5, 0.6) is 5.75 Å². The average Bonchev–Trinajstić information content (AvgIpc) is 2.81. The summed E-state index contributed by atoms with van der Waals surface area (Å²) in [6.07, 6.45) is -1.11. The van der Waals surface area contributed by atoms with Crippen LogP contribution < -0.4 is 4.74 Å². The molecule has 1 N–H and O–H groups in total. The fourth-order valence-electron chi connectivity index (χ4n) is 1.63. The van der Waals surface area contributed by atoms with Crippen LogP contribution in [0.1, 0.15) is 22.1 Å². The Morgan fingerprint density at radius 1 is 1.22 bits per heavy atom. The van der Waals surface area contributed by atoms with Crippen molar-refractivity contribution in [3.05, 3.63) is 51.2 Å². The average molecular weight is 270 g/mol. The summed E-state index contributed by atoms with van der Waals surface area (Å²) in [7, 11) is 1.51. The van der Waals surface area contributed by atoms with Crippen molar-refractivity contribution in [2.45, 2.75) is 13.0 Å². The molecule has 2 nitrogen and oxygen atoms in total. The first kappa shape index (κ1) is 13.0. The second-order valence-corrected chi connectivity index (χ2v) is 4.86. The Morgan fingerprint density at radius 2 is 1.94 bits per heavy atom. The van der Waals surface area contributed by atoms with Gasteiger partial charge in [-0.15, -0.1) is 11.3 Å². The van der Waals surface area contributed by atoms with Crippen LogP contribution in [0.15, 0.2) is 23.6 Å². The van der Waals surface area contributed by atoms with Gasteiger partial charge in [0.1, 0.15) is 23.5 Å². The standard InChI is InChI=1S/C13H12F2O2S/c1-7-3-9(11(15)5-10(7)14)13(16)12-4-8(17-2)6-18-12/h3-6,13,16H,1-2H3. The lowest BCUT2D eigenvalue weighted by atomic mass is 10.0. The van der Waals surface area contributed by atoms with Gasteiger partial charge in [0.05, 0.1) is 7.11 Å². The zero-order valence-electron chi connectivity index (χ0n) is 9.91. The summed E-state index contributed by atoms with van der Waals surface area (Å²) in [6, 6.07) is 3.74. The minimum Gasteiger partial charge on any atom is -0.496 e. The van der Waals surface area contributed by atoms with Gasteiger partial charge in [0.15, 0.2) is 0 Å². The lowest BCUT2D eigenvalue weighted by Crippen LogP contribution is -2.02. The van der Waals surface area contributed by atoms with Gasteiger partial charge in [-0.05, 0) is 24.6 Å². The second-order valence-electron chi connectivity index (χ2n) is 3.91. The van der Waals surface area contributed by atoms with Gasteiger partial charge in [-0.2, -0.15) is 0 Å². The van der Waals surface area contributed by atoms with E-state index in [1.165, 1.54) is 31.4 Å². The topological polar surface area (TPSA) is 29.5 Å². The molecule has 1 unspecified atom stereocenters. The minimum atomic E-state index is -1.11. The number of aliphatic hydroxyl groups excluding tert-OH is 1. The van der Waals surface area contributed by atoms with Gasteiger partial charge in [-0.25, -0.2) is 8.78 Å². The van der Waals surface area contributed by atoms with Crippen LogP contribution in [0.25, 0.3) is 0 Å². The Labute approximate surface area is 107 Å². The molecule has 18 heavy (non-hydrogen) atoms. The van der Waals surface area contributed by atoms with Gasteiger partial charge < -0.3 is 9.84 Å². The van der Waals surface area contributed by atoms with E-state index in [1.807, 2.05) is 0 Å².